The van der Waals surface area contributed by atoms with E-state index in [-0.39, 0.29) is 5.78 Å². The largest absolute Gasteiger partial charge is 0.292 e. The summed E-state index contributed by atoms with van der Waals surface area (Å²) in [6, 6.07) is 5.51. The van der Waals surface area contributed by atoms with E-state index in [1.807, 2.05) is 12.1 Å². The Kier molecular flexibility index (Phi) is 3.23. The highest BCUT2D eigenvalue weighted by Crippen LogP contribution is 2.23. The minimum atomic E-state index is 0.0201. The summed E-state index contributed by atoms with van der Waals surface area (Å²) in [5, 5.41) is 0. The van der Waals surface area contributed by atoms with Crippen LogP contribution in [0.25, 0.3) is 0 Å². The normalized spacial score (nSPS) is 10.2. The van der Waals surface area contributed by atoms with Crippen LogP contribution in [0, 0.1) is 0 Å². The molecule has 0 N–H and O–H groups in total. The van der Waals surface area contributed by atoms with Crippen LogP contribution in [-0.2, 0) is 6.42 Å². The minimum absolute atomic E-state index is 0.0201. The first-order chi connectivity index (χ1) is 7.25. The van der Waals surface area contributed by atoms with E-state index >= 15 is 0 Å². The second-order valence-corrected chi connectivity index (χ2v) is 5.45. The number of carbonyl (C=O) groups is 1. The van der Waals surface area contributed by atoms with E-state index < -0.39 is 0 Å². The molecule has 0 aromatic carbocycles. The Bertz CT molecular complexity index is 469. The van der Waals surface area contributed by atoms with Crippen LogP contribution < -0.4 is 0 Å². The molecule has 0 aliphatic carbocycles. The summed E-state index contributed by atoms with van der Waals surface area (Å²) in [6.45, 7) is 0. The fraction of sp³-hybridized carbons (Fsp3) is 0.100. The Labute approximate surface area is 99.3 Å². The van der Waals surface area contributed by atoms with Crippen molar-refractivity contribution in [1.82, 2.24) is 9.97 Å². The Morgan fingerprint density at radius 3 is 2.87 bits per heavy atom. The number of halogens is 1. The highest BCUT2D eigenvalue weighted by atomic mass is 79.9. The van der Waals surface area contributed by atoms with Crippen LogP contribution in [0.1, 0.15) is 15.4 Å². The first kappa shape index (κ1) is 10.4. The van der Waals surface area contributed by atoms with Crippen molar-refractivity contribution in [2.45, 2.75) is 6.42 Å². The van der Waals surface area contributed by atoms with Crippen LogP contribution >= 0.6 is 27.3 Å². The van der Waals surface area contributed by atoms with E-state index in [4.69, 9.17) is 0 Å². The quantitative estimate of drug-likeness (QED) is 0.813. The number of Topliss-reactive ketones (excluding diaryl/α,β-unsaturated/α-hetero) is 1. The van der Waals surface area contributed by atoms with Gasteiger partial charge < -0.3 is 0 Å². The van der Waals surface area contributed by atoms with Gasteiger partial charge in [-0.3, -0.25) is 4.79 Å². The number of ketones is 1. The van der Waals surface area contributed by atoms with E-state index in [9.17, 15) is 4.79 Å². The summed E-state index contributed by atoms with van der Waals surface area (Å²) >= 11 is 4.92. The van der Waals surface area contributed by atoms with Crippen LogP contribution in [0.5, 0.6) is 0 Å². The Balaban J connectivity index is 2.11. The molecule has 5 heteroatoms. The fourth-order valence-corrected chi connectivity index (χ4v) is 2.63. The predicted molar refractivity (Wildman–Crippen MR) is 62.1 cm³/mol. The van der Waals surface area contributed by atoms with Gasteiger partial charge in [-0.25, -0.2) is 9.97 Å². The lowest BCUT2D eigenvalue weighted by atomic mass is 10.2. The van der Waals surface area contributed by atoms with Crippen molar-refractivity contribution >= 4 is 33.0 Å². The van der Waals surface area contributed by atoms with E-state index in [0.717, 1.165) is 8.66 Å². The van der Waals surface area contributed by atoms with Crippen LogP contribution in [0.2, 0.25) is 0 Å². The van der Waals surface area contributed by atoms with Gasteiger partial charge in [-0.2, -0.15) is 0 Å². The molecule has 0 atom stereocenters. The standard InChI is InChI=1S/C10H7BrN2OS/c11-10-2-1-7(15-10)5-9(14)8-3-4-12-6-13-8/h1-4,6H,5H2. The zero-order valence-electron chi connectivity index (χ0n) is 7.68. The first-order valence-electron chi connectivity index (χ1n) is 4.29. The van der Waals surface area contributed by atoms with Crippen molar-refractivity contribution in [2.75, 3.05) is 0 Å². The van der Waals surface area contributed by atoms with Crippen LogP contribution in [0.15, 0.2) is 34.5 Å². The highest BCUT2D eigenvalue weighted by Gasteiger charge is 2.09. The maximum atomic E-state index is 11.7. The maximum absolute atomic E-state index is 11.7. The van der Waals surface area contributed by atoms with Gasteiger partial charge in [-0.15, -0.1) is 11.3 Å². The average molecular weight is 283 g/mol. The van der Waals surface area contributed by atoms with Gasteiger partial charge >= 0.3 is 0 Å². The SMILES string of the molecule is O=C(Cc1ccc(Br)s1)c1ccncn1. The fourth-order valence-electron chi connectivity index (χ4n) is 1.15. The molecule has 2 heterocycles. The molecule has 2 rings (SSSR count). The second kappa shape index (κ2) is 4.63. The van der Waals surface area contributed by atoms with Crippen LogP contribution in [0.3, 0.4) is 0 Å². The van der Waals surface area contributed by atoms with E-state index in [2.05, 4.69) is 25.9 Å². The van der Waals surface area contributed by atoms with E-state index in [1.54, 1.807) is 23.6 Å². The molecular weight excluding hydrogens is 276 g/mol. The summed E-state index contributed by atoms with van der Waals surface area (Å²) < 4.78 is 1.04. The smallest absolute Gasteiger partial charge is 0.186 e. The molecule has 76 valence electrons. The number of hydrogen-bond acceptors (Lipinski definition) is 4. The molecule has 0 spiro atoms. The van der Waals surface area contributed by atoms with Gasteiger partial charge in [0.15, 0.2) is 5.78 Å². The number of thiophene rings is 1. The average Bonchev–Trinajstić information content (AvgIpc) is 2.65. The zero-order valence-corrected chi connectivity index (χ0v) is 10.1. The van der Waals surface area contributed by atoms with Gasteiger partial charge in [-0.1, -0.05) is 0 Å². The highest BCUT2D eigenvalue weighted by molar-refractivity contribution is 9.11. The molecule has 2 aromatic heterocycles. The zero-order chi connectivity index (χ0) is 10.7. The third kappa shape index (κ3) is 2.70. The Morgan fingerprint density at radius 1 is 1.40 bits per heavy atom. The molecule has 0 fully saturated rings. The molecule has 0 aliphatic heterocycles. The molecule has 0 bridgehead atoms. The summed E-state index contributed by atoms with van der Waals surface area (Å²) in [6.07, 6.45) is 3.36. The number of hydrogen-bond donors (Lipinski definition) is 0. The molecule has 0 unspecified atom stereocenters. The van der Waals surface area contributed by atoms with Crippen molar-refractivity contribution in [1.29, 1.82) is 0 Å². The molecule has 15 heavy (non-hydrogen) atoms. The monoisotopic (exact) mass is 282 g/mol. The summed E-state index contributed by atoms with van der Waals surface area (Å²) in [5.41, 5.74) is 0.467. The van der Waals surface area contributed by atoms with Crippen molar-refractivity contribution < 1.29 is 4.79 Å². The molecule has 0 radical (unpaired) electrons. The third-order valence-corrected chi connectivity index (χ3v) is 3.45. The van der Waals surface area contributed by atoms with Crippen molar-refractivity contribution in [2.24, 2.45) is 0 Å². The molecule has 0 aliphatic rings. The molecule has 0 amide bonds. The van der Waals surface area contributed by atoms with Crippen molar-refractivity contribution in [3.8, 4) is 0 Å². The summed E-state index contributed by atoms with van der Waals surface area (Å²) in [5.74, 6) is 0.0201. The number of rotatable bonds is 3. The second-order valence-electron chi connectivity index (χ2n) is 2.90. The molecule has 2 aromatic rings. The van der Waals surface area contributed by atoms with Crippen molar-refractivity contribution in [3.63, 3.8) is 0 Å². The van der Waals surface area contributed by atoms with Crippen molar-refractivity contribution in [3.05, 3.63) is 45.1 Å². The molecule has 0 saturated carbocycles. The van der Waals surface area contributed by atoms with Crippen LogP contribution in [-0.4, -0.2) is 15.8 Å². The number of nitrogens with zero attached hydrogens (tertiary/aromatic N) is 2. The van der Waals surface area contributed by atoms with Gasteiger partial charge in [0.25, 0.3) is 0 Å². The van der Waals surface area contributed by atoms with Gasteiger partial charge in [-0.05, 0) is 34.1 Å². The molecular formula is C10H7BrN2OS. The summed E-state index contributed by atoms with van der Waals surface area (Å²) in [7, 11) is 0. The topological polar surface area (TPSA) is 42.9 Å². The van der Waals surface area contributed by atoms with Gasteiger partial charge in [0.2, 0.25) is 0 Å². The van der Waals surface area contributed by atoms with E-state index in [1.165, 1.54) is 6.33 Å². The Morgan fingerprint density at radius 2 is 2.27 bits per heavy atom. The lowest BCUT2D eigenvalue weighted by Crippen LogP contribution is -2.04. The number of carbonyl (C=O) groups excluding carboxylic acids is 1. The van der Waals surface area contributed by atoms with Crippen LogP contribution in [0.4, 0.5) is 0 Å². The van der Waals surface area contributed by atoms with Gasteiger partial charge in [0, 0.05) is 17.5 Å². The Hall–Kier alpha value is -1.07. The van der Waals surface area contributed by atoms with Gasteiger partial charge in [0.05, 0.1) is 3.79 Å². The number of aromatic nitrogens is 2. The lowest BCUT2D eigenvalue weighted by molar-refractivity contribution is 0.0989. The third-order valence-electron chi connectivity index (χ3n) is 1.83. The summed E-state index contributed by atoms with van der Waals surface area (Å²) in [4.78, 5) is 20.4. The van der Waals surface area contributed by atoms with E-state index in [0.29, 0.717) is 12.1 Å². The van der Waals surface area contributed by atoms with Gasteiger partial charge in [0.1, 0.15) is 12.0 Å². The predicted octanol–water partition coefficient (Wildman–Crippen LogP) is 2.73. The first-order valence-corrected chi connectivity index (χ1v) is 5.90. The lowest BCUT2D eigenvalue weighted by Gasteiger charge is -1.96. The molecule has 3 nitrogen and oxygen atoms in total. The minimum Gasteiger partial charge on any atom is -0.292 e. The maximum Gasteiger partial charge on any atom is 0.186 e. The molecule has 0 saturated heterocycles.